The Morgan fingerprint density at radius 2 is 2.10 bits per heavy atom. The Labute approximate surface area is 170 Å². The highest BCUT2D eigenvalue weighted by Gasteiger charge is 2.25. The minimum atomic E-state index is -3.70. The zero-order valence-electron chi connectivity index (χ0n) is 16.2. The minimum Gasteiger partial charge on any atom is -0.357 e. The predicted octanol–water partition coefficient (Wildman–Crippen LogP) is 1.20. The van der Waals surface area contributed by atoms with Crippen LogP contribution < -0.4 is 20.7 Å². The number of rotatable bonds is 6. The molecular weight excluding hydrogens is 395 g/mol. The molecule has 1 aliphatic rings. The molecule has 1 aromatic heterocycles. The maximum Gasteiger partial charge on any atom is 0.238 e. The van der Waals surface area contributed by atoms with Crippen molar-refractivity contribution < 1.29 is 12.8 Å². The quantitative estimate of drug-likeness (QED) is 0.478. The van der Waals surface area contributed by atoms with Gasteiger partial charge in [0.1, 0.15) is 0 Å². The number of guanidine groups is 1. The Balaban J connectivity index is 1.62. The number of anilines is 1. The lowest BCUT2D eigenvalue weighted by molar-refractivity contribution is 0.597. The van der Waals surface area contributed by atoms with Crippen molar-refractivity contribution in [3.05, 3.63) is 54.0 Å². The lowest BCUT2D eigenvalue weighted by atomic mass is 10.2. The summed E-state index contributed by atoms with van der Waals surface area (Å²) in [5.74, 6) is 0.696. The molecule has 2 heterocycles. The smallest absolute Gasteiger partial charge is 0.238 e. The molecule has 0 amide bonds. The first-order valence-electron chi connectivity index (χ1n) is 9.39. The van der Waals surface area contributed by atoms with E-state index in [0.717, 1.165) is 12.0 Å². The number of nitrogens with two attached hydrogens (primary N) is 1. The molecule has 1 fully saturated rings. The van der Waals surface area contributed by atoms with Crippen molar-refractivity contribution in [3.63, 3.8) is 0 Å². The second kappa shape index (κ2) is 9.19. The van der Waals surface area contributed by atoms with E-state index in [2.05, 4.69) is 20.6 Å². The summed E-state index contributed by atoms with van der Waals surface area (Å²) in [6, 6.07) is 9.42. The van der Waals surface area contributed by atoms with E-state index < -0.39 is 10.0 Å². The van der Waals surface area contributed by atoms with Gasteiger partial charge in [-0.2, -0.15) is 0 Å². The third-order valence-corrected chi connectivity index (χ3v) is 5.51. The van der Waals surface area contributed by atoms with Gasteiger partial charge in [0, 0.05) is 31.9 Å². The Morgan fingerprint density at radius 1 is 1.34 bits per heavy atom. The molecular formula is C19H25FN6O2S. The van der Waals surface area contributed by atoms with Gasteiger partial charge in [-0.25, -0.2) is 27.9 Å². The normalized spacial score (nSPS) is 17.4. The van der Waals surface area contributed by atoms with Gasteiger partial charge in [0.15, 0.2) is 17.6 Å². The number of aromatic nitrogens is 1. The fraction of sp³-hybridized carbons (Fsp3) is 0.368. The predicted molar refractivity (Wildman–Crippen MR) is 111 cm³/mol. The van der Waals surface area contributed by atoms with E-state index in [0.29, 0.717) is 38.0 Å². The van der Waals surface area contributed by atoms with Crippen molar-refractivity contribution in [1.29, 1.82) is 0 Å². The molecule has 10 heteroatoms. The molecule has 3 rings (SSSR count). The molecule has 1 atom stereocenters. The number of pyridine rings is 1. The van der Waals surface area contributed by atoms with Crippen molar-refractivity contribution in [2.45, 2.75) is 30.8 Å². The second-order valence-electron chi connectivity index (χ2n) is 6.77. The summed E-state index contributed by atoms with van der Waals surface area (Å²) < 4.78 is 36.6. The molecule has 0 bridgehead atoms. The van der Waals surface area contributed by atoms with E-state index in [1.807, 2.05) is 11.8 Å². The molecule has 0 radical (unpaired) electrons. The SMILES string of the molecule is CCNC(=NCc1ccc(S(N)(=O)=O)cc1)NC1CCN(c2ncccc2F)C1. The molecule has 1 aromatic carbocycles. The average molecular weight is 421 g/mol. The van der Waals surface area contributed by atoms with E-state index >= 15 is 0 Å². The molecule has 1 aliphatic heterocycles. The summed E-state index contributed by atoms with van der Waals surface area (Å²) in [6.07, 6.45) is 2.43. The van der Waals surface area contributed by atoms with E-state index in [-0.39, 0.29) is 16.8 Å². The Hall–Kier alpha value is -2.72. The average Bonchev–Trinajstić information content (AvgIpc) is 3.14. The van der Waals surface area contributed by atoms with Crippen LogP contribution in [0.15, 0.2) is 52.5 Å². The van der Waals surface area contributed by atoms with Crippen LogP contribution >= 0.6 is 0 Å². The van der Waals surface area contributed by atoms with Crippen LogP contribution in [-0.2, 0) is 16.6 Å². The topological polar surface area (TPSA) is 113 Å². The molecule has 1 unspecified atom stereocenters. The number of hydrogen-bond donors (Lipinski definition) is 3. The van der Waals surface area contributed by atoms with E-state index in [9.17, 15) is 12.8 Å². The van der Waals surface area contributed by atoms with E-state index in [1.165, 1.54) is 18.2 Å². The number of nitrogens with zero attached hydrogens (tertiary/aromatic N) is 3. The van der Waals surface area contributed by atoms with Crippen LogP contribution in [0.2, 0.25) is 0 Å². The highest BCUT2D eigenvalue weighted by Crippen LogP contribution is 2.20. The largest absolute Gasteiger partial charge is 0.357 e. The Morgan fingerprint density at radius 3 is 2.76 bits per heavy atom. The van der Waals surface area contributed by atoms with Gasteiger partial charge in [0.25, 0.3) is 0 Å². The molecule has 8 nitrogen and oxygen atoms in total. The monoisotopic (exact) mass is 420 g/mol. The van der Waals surface area contributed by atoms with Crippen LogP contribution in [0.1, 0.15) is 18.9 Å². The van der Waals surface area contributed by atoms with Gasteiger partial charge in [0.2, 0.25) is 10.0 Å². The van der Waals surface area contributed by atoms with Crippen molar-refractivity contribution in [3.8, 4) is 0 Å². The zero-order valence-corrected chi connectivity index (χ0v) is 17.0. The minimum absolute atomic E-state index is 0.0723. The number of halogens is 1. The van der Waals surface area contributed by atoms with Crippen molar-refractivity contribution in [2.75, 3.05) is 24.5 Å². The fourth-order valence-electron chi connectivity index (χ4n) is 3.15. The number of nitrogens with one attached hydrogen (secondary N) is 2. The summed E-state index contributed by atoms with van der Waals surface area (Å²) in [7, 11) is -3.70. The molecule has 2 aromatic rings. The molecule has 0 saturated carbocycles. The Kier molecular flexibility index (Phi) is 6.65. The van der Waals surface area contributed by atoms with Gasteiger partial charge in [-0.3, -0.25) is 0 Å². The highest BCUT2D eigenvalue weighted by atomic mass is 32.2. The number of primary sulfonamides is 1. The third kappa shape index (κ3) is 5.64. The Bertz CT molecular complexity index is 965. The van der Waals surface area contributed by atoms with Crippen LogP contribution in [0, 0.1) is 5.82 Å². The first-order chi connectivity index (χ1) is 13.9. The summed E-state index contributed by atoms with van der Waals surface area (Å²) in [5, 5.41) is 11.7. The van der Waals surface area contributed by atoms with Gasteiger partial charge in [-0.05, 0) is 43.2 Å². The van der Waals surface area contributed by atoms with Gasteiger partial charge in [0.05, 0.1) is 11.4 Å². The number of aliphatic imine (C=N–C) groups is 1. The van der Waals surface area contributed by atoms with Crippen LogP contribution in [-0.4, -0.2) is 45.0 Å². The summed E-state index contributed by atoms with van der Waals surface area (Å²) in [4.78, 5) is 10.7. The van der Waals surface area contributed by atoms with Gasteiger partial charge < -0.3 is 15.5 Å². The lowest BCUT2D eigenvalue weighted by Gasteiger charge is -2.20. The van der Waals surface area contributed by atoms with Crippen molar-refractivity contribution >= 4 is 21.8 Å². The molecule has 29 heavy (non-hydrogen) atoms. The van der Waals surface area contributed by atoms with Crippen LogP contribution in [0.4, 0.5) is 10.2 Å². The van der Waals surface area contributed by atoms with E-state index in [4.69, 9.17) is 5.14 Å². The molecule has 0 spiro atoms. The van der Waals surface area contributed by atoms with Crippen LogP contribution in [0.25, 0.3) is 0 Å². The standard InChI is InChI=1S/C19H25FN6O2S/c1-2-22-19(24-12-14-5-7-16(8-6-14)29(21,27)28)25-15-9-11-26(13-15)18-17(20)4-3-10-23-18/h3-8,10,15H,2,9,11-13H2,1H3,(H2,21,27,28)(H2,22,24,25). The van der Waals surface area contributed by atoms with Crippen LogP contribution in [0.5, 0.6) is 0 Å². The van der Waals surface area contributed by atoms with Crippen molar-refractivity contribution in [2.24, 2.45) is 10.1 Å². The summed E-state index contributed by atoms with van der Waals surface area (Å²) in [5.41, 5.74) is 0.859. The first kappa shape index (κ1) is 21.0. The number of sulfonamides is 1. The summed E-state index contributed by atoms with van der Waals surface area (Å²) in [6.45, 7) is 4.39. The first-order valence-corrected chi connectivity index (χ1v) is 10.9. The lowest BCUT2D eigenvalue weighted by Crippen LogP contribution is -2.44. The molecule has 4 N–H and O–H groups in total. The van der Waals surface area contributed by atoms with Gasteiger partial charge in [-0.15, -0.1) is 0 Å². The third-order valence-electron chi connectivity index (χ3n) is 4.58. The fourth-order valence-corrected chi connectivity index (χ4v) is 3.66. The molecule has 1 saturated heterocycles. The highest BCUT2D eigenvalue weighted by molar-refractivity contribution is 7.89. The maximum absolute atomic E-state index is 14.0. The van der Waals surface area contributed by atoms with E-state index in [1.54, 1.807) is 24.4 Å². The molecule has 156 valence electrons. The number of hydrogen-bond acceptors (Lipinski definition) is 5. The van der Waals surface area contributed by atoms with Gasteiger partial charge >= 0.3 is 0 Å². The number of benzene rings is 1. The zero-order chi connectivity index (χ0) is 20.9. The van der Waals surface area contributed by atoms with Crippen LogP contribution in [0.3, 0.4) is 0 Å². The van der Waals surface area contributed by atoms with Gasteiger partial charge in [-0.1, -0.05) is 12.1 Å². The maximum atomic E-state index is 14.0. The summed E-state index contributed by atoms with van der Waals surface area (Å²) >= 11 is 0. The second-order valence-corrected chi connectivity index (χ2v) is 8.33. The van der Waals surface area contributed by atoms with Crippen molar-refractivity contribution in [1.82, 2.24) is 15.6 Å². The molecule has 0 aliphatic carbocycles.